The minimum atomic E-state index is -3.93. The average molecular weight is 470 g/mol. The SMILES string of the molecule is Cc1cc(S(=O)(=O)Nc2c(Cl)cccc2Cl)ccc1NC(=O)c1ccc(Cl)cc1. The van der Waals surface area contributed by atoms with E-state index < -0.39 is 10.0 Å². The monoisotopic (exact) mass is 468 g/mol. The number of para-hydroxylation sites is 1. The van der Waals surface area contributed by atoms with Gasteiger partial charge in [0, 0.05) is 16.3 Å². The van der Waals surface area contributed by atoms with Crippen molar-refractivity contribution in [1.29, 1.82) is 0 Å². The predicted octanol–water partition coefficient (Wildman–Crippen LogP) is 6.01. The first-order valence-corrected chi connectivity index (χ1v) is 10.9. The number of nitrogens with one attached hydrogen (secondary N) is 2. The van der Waals surface area contributed by atoms with Crippen LogP contribution in [0.15, 0.2) is 65.6 Å². The first-order chi connectivity index (χ1) is 13.7. The Morgan fingerprint density at radius 1 is 0.897 bits per heavy atom. The Balaban J connectivity index is 1.83. The molecule has 2 N–H and O–H groups in total. The van der Waals surface area contributed by atoms with Gasteiger partial charge in [0.15, 0.2) is 0 Å². The van der Waals surface area contributed by atoms with E-state index in [-0.39, 0.29) is 26.5 Å². The summed E-state index contributed by atoms with van der Waals surface area (Å²) in [6.45, 7) is 1.69. The molecule has 1 amide bonds. The molecule has 0 aliphatic rings. The third-order valence-electron chi connectivity index (χ3n) is 4.06. The standard InChI is InChI=1S/C20H15Cl3N2O3S/c1-12-11-15(29(27,28)25-19-16(22)3-2-4-17(19)23)9-10-18(12)24-20(26)13-5-7-14(21)8-6-13/h2-11,25H,1H3,(H,24,26). The molecule has 29 heavy (non-hydrogen) atoms. The van der Waals surface area contributed by atoms with Crippen LogP contribution < -0.4 is 10.0 Å². The van der Waals surface area contributed by atoms with E-state index in [1.54, 1.807) is 37.3 Å². The fourth-order valence-corrected chi connectivity index (χ4v) is 4.44. The zero-order valence-electron chi connectivity index (χ0n) is 15.0. The topological polar surface area (TPSA) is 75.3 Å². The van der Waals surface area contributed by atoms with Crippen LogP contribution in [-0.2, 0) is 10.0 Å². The van der Waals surface area contributed by atoms with Gasteiger partial charge in [0.2, 0.25) is 0 Å². The van der Waals surface area contributed by atoms with Crippen molar-refractivity contribution in [3.8, 4) is 0 Å². The zero-order valence-corrected chi connectivity index (χ0v) is 18.1. The molecule has 0 heterocycles. The normalized spacial score (nSPS) is 11.2. The molecule has 0 fully saturated rings. The summed E-state index contributed by atoms with van der Waals surface area (Å²) >= 11 is 17.9. The molecule has 0 atom stereocenters. The summed E-state index contributed by atoms with van der Waals surface area (Å²) in [5.74, 6) is -0.332. The molecule has 0 saturated heterocycles. The number of amides is 1. The highest BCUT2D eigenvalue weighted by molar-refractivity contribution is 7.92. The van der Waals surface area contributed by atoms with E-state index in [4.69, 9.17) is 34.8 Å². The molecular formula is C20H15Cl3N2O3S. The quantitative estimate of drug-likeness (QED) is 0.480. The van der Waals surface area contributed by atoms with Crippen molar-refractivity contribution in [3.63, 3.8) is 0 Å². The highest BCUT2D eigenvalue weighted by Gasteiger charge is 2.19. The molecule has 0 aliphatic carbocycles. The van der Waals surface area contributed by atoms with E-state index >= 15 is 0 Å². The van der Waals surface area contributed by atoms with Crippen molar-refractivity contribution in [2.45, 2.75) is 11.8 Å². The van der Waals surface area contributed by atoms with Crippen molar-refractivity contribution in [1.82, 2.24) is 0 Å². The summed E-state index contributed by atoms with van der Waals surface area (Å²) in [4.78, 5) is 12.4. The van der Waals surface area contributed by atoms with E-state index in [0.29, 0.717) is 21.8 Å². The lowest BCUT2D eigenvalue weighted by Crippen LogP contribution is -2.15. The highest BCUT2D eigenvalue weighted by Crippen LogP contribution is 2.32. The molecule has 0 spiro atoms. The number of halogens is 3. The number of sulfonamides is 1. The van der Waals surface area contributed by atoms with Crippen LogP contribution in [-0.4, -0.2) is 14.3 Å². The lowest BCUT2D eigenvalue weighted by molar-refractivity contribution is 0.102. The van der Waals surface area contributed by atoms with Gasteiger partial charge in [-0.1, -0.05) is 40.9 Å². The van der Waals surface area contributed by atoms with Gasteiger partial charge in [0.1, 0.15) is 0 Å². The van der Waals surface area contributed by atoms with Gasteiger partial charge in [0.05, 0.1) is 20.6 Å². The van der Waals surface area contributed by atoms with Crippen LogP contribution in [0.3, 0.4) is 0 Å². The fraction of sp³-hybridized carbons (Fsp3) is 0.0500. The third-order valence-corrected chi connectivity index (χ3v) is 6.29. The zero-order chi connectivity index (χ0) is 21.2. The number of hydrogen-bond donors (Lipinski definition) is 2. The van der Waals surface area contributed by atoms with Gasteiger partial charge in [-0.2, -0.15) is 0 Å². The Morgan fingerprint density at radius 2 is 1.52 bits per heavy atom. The minimum Gasteiger partial charge on any atom is -0.322 e. The van der Waals surface area contributed by atoms with E-state index in [1.807, 2.05) is 0 Å². The Bertz CT molecular complexity index is 1160. The van der Waals surface area contributed by atoms with Crippen LogP contribution in [0.2, 0.25) is 15.1 Å². The van der Waals surface area contributed by atoms with Crippen LogP contribution in [0, 0.1) is 6.92 Å². The first kappa shape index (κ1) is 21.5. The molecule has 0 radical (unpaired) electrons. The second-order valence-corrected chi connectivity index (χ2v) is 9.07. The second-order valence-electron chi connectivity index (χ2n) is 6.14. The van der Waals surface area contributed by atoms with Crippen LogP contribution in [0.5, 0.6) is 0 Å². The molecule has 3 aromatic rings. The highest BCUT2D eigenvalue weighted by atomic mass is 35.5. The van der Waals surface area contributed by atoms with Crippen molar-refractivity contribution in [2.24, 2.45) is 0 Å². The number of rotatable bonds is 5. The van der Waals surface area contributed by atoms with E-state index in [2.05, 4.69) is 10.0 Å². The van der Waals surface area contributed by atoms with E-state index in [1.165, 1.54) is 30.3 Å². The van der Waals surface area contributed by atoms with Crippen LogP contribution >= 0.6 is 34.8 Å². The Morgan fingerprint density at radius 3 is 2.10 bits per heavy atom. The molecule has 0 bridgehead atoms. The van der Waals surface area contributed by atoms with Gasteiger partial charge >= 0.3 is 0 Å². The van der Waals surface area contributed by atoms with Crippen molar-refractivity contribution in [3.05, 3.63) is 86.9 Å². The minimum absolute atomic E-state index is 0.00970. The first-order valence-electron chi connectivity index (χ1n) is 8.32. The number of carbonyl (C=O) groups excluding carboxylic acids is 1. The Labute approximate surface area is 183 Å². The van der Waals surface area contributed by atoms with Crippen LogP contribution in [0.4, 0.5) is 11.4 Å². The summed E-state index contributed by atoms with van der Waals surface area (Å²) in [6.07, 6.45) is 0. The van der Waals surface area contributed by atoms with Crippen molar-refractivity contribution >= 4 is 62.1 Å². The molecule has 3 rings (SSSR count). The van der Waals surface area contributed by atoms with Crippen LogP contribution in [0.25, 0.3) is 0 Å². The summed E-state index contributed by atoms with van der Waals surface area (Å²) in [7, 11) is -3.93. The molecule has 0 unspecified atom stereocenters. The maximum Gasteiger partial charge on any atom is 0.261 e. The Hall–Kier alpha value is -2.25. The van der Waals surface area contributed by atoms with Gasteiger partial charge in [-0.05, 0) is 67.1 Å². The fourth-order valence-electron chi connectivity index (χ4n) is 2.53. The van der Waals surface area contributed by atoms with Gasteiger partial charge in [-0.15, -0.1) is 0 Å². The van der Waals surface area contributed by atoms with Gasteiger partial charge in [-0.3, -0.25) is 9.52 Å². The third kappa shape index (κ3) is 5.03. The molecule has 0 saturated carbocycles. The number of aryl methyl sites for hydroxylation is 1. The predicted molar refractivity (Wildman–Crippen MR) is 118 cm³/mol. The van der Waals surface area contributed by atoms with Gasteiger partial charge in [-0.25, -0.2) is 8.42 Å². The number of benzene rings is 3. The van der Waals surface area contributed by atoms with Gasteiger partial charge in [0.25, 0.3) is 15.9 Å². The maximum absolute atomic E-state index is 12.7. The van der Waals surface area contributed by atoms with E-state index in [0.717, 1.165) is 0 Å². The summed E-state index contributed by atoms with van der Waals surface area (Å²) in [5, 5.41) is 3.65. The lowest BCUT2D eigenvalue weighted by Gasteiger charge is -2.13. The molecule has 150 valence electrons. The number of hydrogen-bond acceptors (Lipinski definition) is 3. The van der Waals surface area contributed by atoms with Gasteiger partial charge < -0.3 is 5.32 Å². The second kappa shape index (κ2) is 8.63. The maximum atomic E-state index is 12.7. The Kier molecular flexibility index (Phi) is 6.39. The number of carbonyl (C=O) groups is 1. The average Bonchev–Trinajstić information content (AvgIpc) is 2.67. The summed E-state index contributed by atoms with van der Waals surface area (Å²) in [5.41, 5.74) is 1.59. The molecule has 3 aromatic carbocycles. The smallest absolute Gasteiger partial charge is 0.261 e. The summed E-state index contributed by atoms with van der Waals surface area (Å²) < 4.78 is 27.8. The van der Waals surface area contributed by atoms with Crippen molar-refractivity contribution < 1.29 is 13.2 Å². The molecule has 0 aliphatic heterocycles. The number of anilines is 2. The lowest BCUT2D eigenvalue weighted by atomic mass is 10.1. The molecule has 0 aromatic heterocycles. The molecular weight excluding hydrogens is 455 g/mol. The largest absolute Gasteiger partial charge is 0.322 e. The van der Waals surface area contributed by atoms with E-state index in [9.17, 15) is 13.2 Å². The van der Waals surface area contributed by atoms with Crippen LogP contribution in [0.1, 0.15) is 15.9 Å². The molecule has 5 nitrogen and oxygen atoms in total. The molecule has 9 heteroatoms. The summed E-state index contributed by atoms with van der Waals surface area (Å²) in [6, 6.07) is 15.5. The van der Waals surface area contributed by atoms with Crippen molar-refractivity contribution in [2.75, 3.05) is 10.0 Å².